The molecule has 0 spiro atoms. The fraction of sp³-hybridized carbons (Fsp3) is 0.0435. The molecule has 0 unspecified atom stereocenters. The van der Waals surface area contributed by atoms with E-state index in [0.717, 1.165) is 12.8 Å². The average molecular weight is 611 g/mol. The molecule has 2 heterocycles. The van der Waals surface area contributed by atoms with Gasteiger partial charge in [-0.15, -0.1) is 0 Å². The van der Waals surface area contributed by atoms with Crippen LogP contribution in [0.2, 0.25) is 0 Å². The number of allylic oxidation sites excluding steroid dienone is 4. The largest absolute Gasteiger partial charge is 0.313 e. The molecule has 2 heteroatoms. The average Bonchev–Trinajstić information content (AvgIpc) is 3.69. The molecule has 0 saturated carbocycles. The summed E-state index contributed by atoms with van der Waals surface area (Å²) < 4.78 is 5.08. The normalized spacial score (nSPS) is 13.9. The predicted molar refractivity (Wildman–Crippen MR) is 207 cm³/mol. The Morgan fingerprint density at radius 1 is 0.312 bits per heavy atom. The lowest BCUT2D eigenvalue weighted by Gasteiger charge is -2.21. The van der Waals surface area contributed by atoms with Gasteiger partial charge in [0.2, 0.25) is 0 Å². The first-order valence-corrected chi connectivity index (χ1v) is 16.9. The Morgan fingerprint density at radius 2 is 0.812 bits per heavy atom. The smallest absolute Gasteiger partial charge is 0.0622 e. The third-order valence-electron chi connectivity index (χ3n) is 10.8. The molecule has 0 atom stereocenters. The van der Waals surface area contributed by atoms with Crippen molar-refractivity contribution in [2.75, 3.05) is 0 Å². The maximum atomic E-state index is 2.57. The van der Waals surface area contributed by atoms with Crippen LogP contribution in [0.1, 0.15) is 12.8 Å². The van der Waals surface area contributed by atoms with Gasteiger partial charge in [0.1, 0.15) is 0 Å². The van der Waals surface area contributed by atoms with Crippen LogP contribution < -0.4 is 0 Å². The molecule has 11 rings (SSSR count). The minimum Gasteiger partial charge on any atom is -0.313 e. The monoisotopic (exact) mass is 610 g/mol. The summed E-state index contributed by atoms with van der Waals surface area (Å²) in [6.07, 6.45) is 6.66. The van der Waals surface area contributed by atoms with E-state index < -0.39 is 0 Å². The van der Waals surface area contributed by atoms with Gasteiger partial charge in [-0.05, 0) is 75.5 Å². The summed E-state index contributed by atoms with van der Waals surface area (Å²) in [7, 11) is 0. The lowest BCUT2D eigenvalue weighted by molar-refractivity contribution is 0.946. The van der Waals surface area contributed by atoms with Crippen molar-refractivity contribution in [2.45, 2.75) is 12.8 Å². The first kappa shape index (κ1) is 26.0. The fourth-order valence-corrected chi connectivity index (χ4v) is 8.77. The predicted octanol–water partition coefficient (Wildman–Crippen LogP) is 12.7. The first-order valence-electron chi connectivity index (χ1n) is 16.9. The van der Waals surface area contributed by atoms with E-state index in [4.69, 9.17) is 0 Å². The molecule has 1 aliphatic rings. The van der Waals surface area contributed by atoms with Crippen LogP contribution in [0.15, 0.2) is 158 Å². The van der Waals surface area contributed by atoms with E-state index in [-0.39, 0.29) is 0 Å². The van der Waals surface area contributed by atoms with Crippen LogP contribution in [0.25, 0.3) is 98.1 Å². The summed E-state index contributed by atoms with van der Waals surface area (Å²) in [6.45, 7) is 0. The summed E-state index contributed by atoms with van der Waals surface area (Å²) >= 11 is 0. The van der Waals surface area contributed by atoms with E-state index in [9.17, 15) is 0 Å². The number of hydrogen-bond acceptors (Lipinski definition) is 0. The van der Waals surface area contributed by atoms with Gasteiger partial charge in [0.25, 0.3) is 0 Å². The highest BCUT2D eigenvalue weighted by Gasteiger charge is 2.23. The Bertz CT molecular complexity index is 3050. The molecule has 0 bridgehead atoms. The van der Waals surface area contributed by atoms with Gasteiger partial charge in [-0.2, -0.15) is 0 Å². The Labute approximate surface area is 277 Å². The van der Waals surface area contributed by atoms with E-state index in [1.807, 2.05) is 0 Å². The van der Waals surface area contributed by atoms with E-state index in [2.05, 4.69) is 167 Å². The second-order valence-electron chi connectivity index (χ2n) is 13.2. The molecule has 2 nitrogen and oxygen atoms in total. The molecule has 8 aromatic carbocycles. The van der Waals surface area contributed by atoms with Crippen LogP contribution in [-0.2, 0) is 0 Å². The SMILES string of the molecule is C1=C(n2c3ccccc3c3c4ccccc4ccc32)CCC(n2c3ccccc3c3c4c5ccccc5ccc4c4ccccc4c32)=C1. The van der Waals surface area contributed by atoms with Crippen molar-refractivity contribution in [2.24, 2.45) is 0 Å². The van der Waals surface area contributed by atoms with Crippen molar-refractivity contribution >= 4 is 98.1 Å². The third kappa shape index (κ3) is 3.41. The third-order valence-corrected chi connectivity index (χ3v) is 10.8. The summed E-state index contributed by atoms with van der Waals surface area (Å²) in [5, 5.41) is 15.8. The first-order chi connectivity index (χ1) is 23.8. The molecular weight excluding hydrogens is 581 g/mol. The lowest BCUT2D eigenvalue weighted by Crippen LogP contribution is -2.05. The standard InChI is InChI=1S/C46H30N2/c1-3-13-33-30(12-1)22-28-42-43(33)38-17-7-9-19-40(38)47(42)31-23-25-32(26-24-31)48-41-20-10-8-18-39(41)45-44-34-14-4-2-11-29(34)21-27-36(44)35-15-5-6-16-37(35)46(45)48/h1-23,25,27-28H,24,26H2. The molecule has 1 aliphatic carbocycles. The highest BCUT2D eigenvalue weighted by Crippen LogP contribution is 2.46. The number of aromatic nitrogens is 2. The van der Waals surface area contributed by atoms with E-state index >= 15 is 0 Å². The molecular formula is C46H30N2. The minimum atomic E-state index is 0.948. The van der Waals surface area contributed by atoms with Gasteiger partial charge in [-0.25, -0.2) is 0 Å². The molecule has 48 heavy (non-hydrogen) atoms. The van der Waals surface area contributed by atoms with Crippen LogP contribution in [0.4, 0.5) is 0 Å². The Kier molecular flexibility index (Phi) is 5.25. The van der Waals surface area contributed by atoms with E-state index in [0.29, 0.717) is 0 Å². The van der Waals surface area contributed by atoms with Gasteiger partial charge >= 0.3 is 0 Å². The molecule has 10 aromatic rings. The van der Waals surface area contributed by atoms with Gasteiger partial charge < -0.3 is 9.13 Å². The molecule has 224 valence electrons. The summed E-state index contributed by atoms with van der Waals surface area (Å²) in [5.41, 5.74) is 7.79. The molecule has 0 N–H and O–H groups in total. The number of rotatable bonds is 2. The van der Waals surface area contributed by atoms with Crippen LogP contribution in [0.3, 0.4) is 0 Å². The van der Waals surface area contributed by atoms with E-state index in [1.54, 1.807) is 0 Å². The number of fused-ring (bicyclic) bond motifs is 15. The minimum absolute atomic E-state index is 0.948. The fourth-order valence-electron chi connectivity index (χ4n) is 8.77. The van der Waals surface area contributed by atoms with Gasteiger partial charge in [0.15, 0.2) is 0 Å². The van der Waals surface area contributed by atoms with Crippen molar-refractivity contribution in [3.05, 3.63) is 158 Å². The van der Waals surface area contributed by atoms with Crippen LogP contribution >= 0.6 is 0 Å². The Morgan fingerprint density at radius 3 is 1.50 bits per heavy atom. The second kappa shape index (κ2) is 9.70. The van der Waals surface area contributed by atoms with Crippen LogP contribution in [0, 0.1) is 0 Å². The highest BCUT2D eigenvalue weighted by atomic mass is 15.0. The second-order valence-corrected chi connectivity index (χ2v) is 13.2. The van der Waals surface area contributed by atoms with Crippen molar-refractivity contribution in [1.82, 2.24) is 9.13 Å². The van der Waals surface area contributed by atoms with Gasteiger partial charge in [0.05, 0.1) is 22.1 Å². The summed E-state index contributed by atoms with van der Waals surface area (Å²) in [6, 6.07) is 53.7. The van der Waals surface area contributed by atoms with E-state index in [1.165, 1.54) is 98.1 Å². The lowest BCUT2D eigenvalue weighted by atomic mass is 9.93. The van der Waals surface area contributed by atoms with Crippen molar-refractivity contribution < 1.29 is 0 Å². The zero-order valence-corrected chi connectivity index (χ0v) is 26.3. The highest BCUT2D eigenvalue weighted by molar-refractivity contribution is 6.37. The molecule has 0 fully saturated rings. The van der Waals surface area contributed by atoms with Crippen molar-refractivity contribution in [1.29, 1.82) is 0 Å². The van der Waals surface area contributed by atoms with Crippen molar-refractivity contribution in [3.8, 4) is 0 Å². The quantitative estimate of drug-likeness (QED) is 0.172. The van der Waals surface area contributed by atoms with Gasteiger partial charge in [0, 0.05) is 43.7 Å². The number of benzene rings is 8. The molecule has 2 aromatic heterocycles. The van der Waals surface area contributed by atoms with Crippen LogP contribution in [-0.4, -0.2) is 9.13 Å². The maximum absolute atomic E-state index is 2.57. The summed E-state index contributed by atoms with van der Waals surface area (Å²) in [5.74, 6) is 0. The number of hydrogen-bond donors (Lipinski definition) is 0. The molecule has 0 radical (unpaired) electrons. The van der Waals surface area contributed by atoms with Crippen LogP contribution in [0.5, 0.6) is 0 Å². The molecule has 0 aliphatic heterocycles. The van der Waals surface area contributed by atoms with Gasteiger partial charge in [-0.3, -0.25) is 0 Å². The Hall–Kier alpha value is -6.12. The number of nitrogens with zero attached hydrogens (tertiary/aromatic N) is 2. The topological polar surface area (TPSA) is 9.86 Å². The molecule has 0 saturated heterocycles. The maximum Gasteiger partial charge on any atom is 0.0622 e. The molecule has 0 amide bonds. The van der Waals surface area contributed by atoms with Gasteiger partial charge in [-0.1, -0.05) is 127 Å². The Balaban J connectivity index is 1.21. The zero-order valence-electron chi connectivity index (χ0n) is 26.3. The summed E-state index contributed by atoms with van der Waals surface area (Å²) in [4.78, 5) is 0. The number of para-hydroxylation sites is 2. The van der Waals surface area contributed by atoms with Crippen molar-refractivity contribution in [3.63, 3.8) is 0 Å². The zero-order chi connectivity index (χ0) is 31.3.